The molecule has 3 N–H and O–H groups in total. The predicted molar refractivity (Wildman–Crippen MR) is 37.4 cm³/mol. The summed E-state index contributed by atoms with van der Waals surface area (Å²) in [5, 5.41) is 2.96. The van der Waals surface area contributed by atoms with Crippen LogP contribution in [0.4, 0.5) is 8.78 Å². The fourth-order valence-electron chi connectivity index (χ4n) is 1.09. The Balaban J connectivity index is 0. The highest BCUT2D eigenvalue weighted by Gasteiger charge is 2.44. The average molecular weight is 155 g/mol. The molecule has 1 aliphatic rings. The highest BCUT2D eigenvalue weighted by atomic mass is 19.3. The summed E-state index contributed by atoms with van der Waals surface area (Å²) in [6.45, 7) is 2.72. The Morgan fingerprint density at radius 3 is 2.40 bits per heavy atom. The van der Waals surface area contributed by atoms with Gasteiger partial charge in [-0.2, -0.15) is 0 Å². The van der Waals surface area contributed by atoms with E-state index >= 15 is 0 Å². The molecule has 2 nitrogen and oxygen atoms in total. The van der Waals surface area contributed by atoms with Crippen molar-refractivity contribution in [3.63, 3.8) is 0 Å². The summed E-state index contributed by atoms with van der Waals surface area (Å²) in [4.78, 5) is 0. The first-order valence-electron chi connectivity index (χ1n) is 3.25. The lowest BCUT2D eigenvalue weighted by Crippen LogP contribution is -2.48. The zero-order valence-corrected chi connectivity index (χ0v) is 5.95. The molecule has 0 atom stereocenters. The van der Waals surface area contributed by atoms with Gasteiger partial charge in [0.15, 0.2) is 0 Å². The lowest BCUT2D eigenvalue weighted by Gasteiger charge is -2.35. The second-order valence-electron chi connectivity index (χ2n) is 2.52. The van der Waals surface area contributed by atoms with Gasteiger partial charge in [-0.05, 0) is 6.54 Å². The van der Waals surface area contributed by atoms with Crippen LogP contribution in [0.15, 0.2) is 0 Å². The van der Waals surface area contributed by atoms with Gasteiger partial charge >= 0.3 is 0 Å². The van der Waals surface area contributed by atoms with Crippen LogP contribution in [0, 0.1) is 0 Å². The Bertz CT molecular complexity index is 105. The molecular weight excluding hydrogens is 140 g/mol. The van der Waals surface area contributed by atoms with E-state index in [1.165, 1.54) is 0 Å². The van der Waals surface area contributed by atoms with Gasteiger partial charge in [0.2, 0.25) is 0 Å². The Morgan fingerprint density at radius 2 is 2.10 bits per heavy atom. The van der Waals surface area contributed by atoms with E-state index in [2.05, 4.69) is 5.32 Å². The first kappa shape index (κ1) is 9.78. The summed E-state index contributed by atoms with van der Waals surface area (Å²) in [5.74, 6) is -2.37. The molecule has 0 aliphatic heterocycles. The van der Waals surface area contributed by atoms with E-state index < -0.39 is 5.92 Å². The van der Waals surface area contributed by atoms with Crippen LogP contribution in [0.2, 0.25) is 0 Å². The van der Waals surface area contributed by atoms with Crippen molar-refractivity contribution in [1.82, 2.24) is 5.32 Å². The Kier molecular flexibility index (Phi) is 3.18. The van der Waals surface area contributed by atoms with E-state index in [9.17, 15) is 8.78 Å². The van der Waals surface area contributed by atoms with Crippen LogP contribution in [0.1, 0.15) is 21.2 Å². The molecule has 0 aromatic rings. The van der Waals surface area contributed by atoms with Crippen molar-refractivity contribution in [2.45, 2.75) is 31.7 Å². The third-order valence-corrected chi connectivity index (χ3v) is 1.58. The van der Waals surface area contributed by atoms with Gasteiger partial charge in [0, 0.05) is 20.3 Å². The van der Waals surface area contributed by atoms with Crippen molar-refractivity contribution < 1.29 is 15.7 Å². The van der Waals surface area contributed by atoms with Gasteiger partial charge < -0.3 is 10.8 Å². The lowest BCUT2D eigenvalue weighted by molar-refractivity contribution is -0.0922. The van der Waals surface area contributed by atoms with Gasteiger partial charge in [-0.3, -0.25) is 0 Å². The van der Waals surface area contributed by atoms with E-state index in [4.69, 9.17) is 0 Å². The topological polar surface area (TPSA) is 43.5 Å². The maximum Gasteiger partial charge on any atom is 0.251 e. The molecule has 1 fully saturated rings. The molecular formula is C6H15F2NO. The number of alkyl halides is 2. The van der Waals surface area contributed by atoms with Gasteiger partial charge in [0.05, 0.1) is 0 Å². The number of hydrogen-bond acceptors (Lipinski definition) is 1. The highest BCUT2D eigenvalue weighted by molar-refractivity contribution is 4.90. The third kappa shape index (κ3) is 2.19. The Labute approximate surface area is 60.4 Å². The van der Waals surface area contributed by atoms with Crippen LogP contribution < -0.4 is 5.32 Å². The molecule has 0 spiro atoms. The average Bonchev–Trinajstić information content (AvgIpc) is 1.62. The molecule has 1 aliphatic carbocycles. The largest absolute Gasteiger partial charge is 0.412 e. The van der Waals surface area contributed by atoms with Gasteiger partial charge in [0.1, 0.15) is 0 Å². The Morgan fingerprint density at radius 1 is 1.60 bits per heavy atom. The maximum atomic E-state index is 12.1. The van der Waals surface area contributed by atoms with E-state index in [1.807, 2.05) is 6.92 Å². The zero-order valence-electron chi connectivity index (χ0n) is 5.95. The van der Waals surface area contributed by atoms with Crippen LogP contribution in [-0.2, 0) is 0 Å². The number of nitrogens with one attached hydrogen (secondary N) is 1. The summed E-state index contributed by atoms with van der Waals surface area (Å²) in [5.41, 5.74) is 0. The summed E-state index contributed by atoms with van der Waals surface area (Å²) < 4.78 is 24.1. The molecule has 0 heterocycles. The van der Waals surface area contributed by atoms with E-state index in [1.54, 1.807) is 0 Å². The van der Waals surface area contributed by atoms with E-state index in [0.717, 1.165) is 6.54 Å². The predicted octanol–water partition coefficient (Wildman–Crippen LogP) is 0.815. The first-order valence-corrected chi connectivity index (χ1v) is 3.25. The monoisotopic (exact) mass is 155 g/mol. The molecule has 0 unspecified atom stereocenters. The molecule has 1 saturated carbocycles. The normalized spacial score (nSPS) is 23.1. The fourth-order valence-corrected chi connectivity index (χ4v) is 1.09. The Hall–Kier alpha value is -0.220. The van der Waals surface area contributed by atoms with Crippen LogP contribution in [0.3, 0.4) is 0 Å². The number of rotatable bonds is 2. The van der Waals surface area contributed by atoms with E-state index in [0.29, 0.717) is 0 Å². The third-order valence-electron chi connectivity index (χ3n) is 1.58. The molecule has 10 heavy (non-hydrogen) atoms. The summed E-state index contributed by atoms with van der Waals surface area (Å²) in [6, 6.07) is 0.0741. The molecule has 0 bridgehead atoms. The second-order valence-corrected chi connectivity index (χ2v) is 2.52. The minimum atomic E-state index is -2.37. The SMILES string of the molecule is CCNC1CC(F)(F)C1.O.[HH]. The van der Waals surface area contributed by atoms with Crippen LogP contribution in [0.25, 0.3) is 0 Å². The molecule has 0 aromatic carbocycles. The van der Waals surface area contributed by atoms with Gasteiger partial charge in [-0.1, -0.05) is 6.92 Å². The van der Waals surface area contributed by atoms with Crippen LogP contribution in [-0.4, -0.2) is 24.0 Å². The summed E-state index contributed by atoms with van der Waals surface area (Å²) in [7, 11) is 0. The van der Waals surface area contributed by atoms with Crippen LogP contribution >= 0.6 is 0 Å². The highest BCUT2D eigenvalue weighted by Crippen LogP contribution is 2.37. The molecule has 0 saturated heterocycles. The van der Waals surface area contributed by atoms with Gasteiger partial charge in [-0.15, -0.1) is 0 Å². The van der Waals surface area contributed by atoms with Crippen molar-refractivity contribution in [3.8, 4) is 0 Å². The molecule has 64 valence electrons. The van der Waals surface area contributed by atoms with Gasteiger partial charge in [-0.25, -0.2) is 8.78 Å². The van der Waals surface area contributed by atoms with Crippen LogP contribution in [0.5, 0.6) is 0 Å². The summed E-state index contributed by atoms with van der Waals surface area (Å²) >= 11 is 0. The zero-order chi connectivity index (χ0) is 6.91. The number of hydrogen-bond donors (Lipinski definition) is 1. The first-order chi connectivity index (χ1) is 4.14. The van der Waals surface area contributed by atoms with E-state index in [-0.39, 0.29) is 25.8 Å². The van der Waals surface area contributed by atoms with Crippen molar-refractivity contribution in [1.29, 1.82) is 0 Å². The van der Waals surface area contributed by atoms with Crippen molar-refractivity contribution in [2.24, 2.45) is 0 Å². The summed E-state index contributed by atoms with van der Waals surface area (Å²) in [6.07, 6.45) is 0.0572. The quantitative estimate of drug-likeness (QED) is 0.630. The fraction of sp³-hybridized carbons (Fsp3) is 1.00. The molecule has 0 radical (unpaired) electrons. The smallest absolute Gasteiger partial charge is 0.251 e. The van der Waals surface area contributed by atoms with Crippen molar-refractivity contribution in [3.05, 3.63) is 0 Å². The molecule has 0 aromatic heterocycles. The minimum absolute atomic E-state index is 0. The second kappa shape index (κ2) is 3.25. The van der Waals surface area contributed by atoms with Crippen molar-refractivity contribution >= 4 is 0 Å². The maximum absolute atomic E-state index is 12.1. The standard InChI is InChI=1S/C6H11F2N.H2O.H2/c1-2-9-5-3-6(7,8)4-5;;/h5,9H,2-4H2,1H3;1H2;1H. The van der Waals surface area contributed by atoms with Crippen molar-refractivity contribution in [2.75, 3.05) is 6.54 Å². The van der Waals surface area contributed by atoms with Gasteiger partial charge in [0.25, 0.3) is 5.92 Å². The molecule has 4 heteroatoms. The lowest BCUT2D eigenvalue weighted by atomic mass is 9.88. The number of halogens is 2. The molecule has 0 amide bonds. The minimum Gasteiger partial charge on any atom is -0.412 e. The molecule has 1 rings (SSSR count).